The van der Waals surface area contributed by atoms with Crippen LogP contribution in [0.25, 0.3) is 0 Å². The van der Waals surface area contributed by atoms with Gasteiger partial charge in [-0.1, -0.05) is 31.2 Å². The molecule has 0 aliphatic rings. The van der Waals surface area contributed by atoms with E-state index in [1.165, 1.54) is 18.2 Å². The number of alkyl halides is 3. The topological polar surface area (TPSA) is 55.4 Å². The van der Waals surface area contributed by atoms with Gasteiger partial charge in [-0.05, 0) is 36.2 Å². The number of hydrogen-bond acceptors (Lipinski definition) is 3. The van der Waals surface area contributed by atoms with E-state index in [0.717, 1.165) is 17.7 Å². The van der Waals surface area contributed by atoms with Gasteiger partial charge >= 0.3 is 6.36 Å². The van der Waals surface area contributed by atoms with Crippen molar-refractivity contribution in [2.75, 3.05) is 4.72 Å². The molecule has 1 N–H and O–H groups in total. The summed E-state index contributed by atoms with van der Waals surface area (Å²) in [6.07, 6.45) is -4.28. The minimum absolute atomic E-state index is 0.270. The maximum Gasteiger partial charge on any atom is 0.573 e. The second kappa shape index (κ2) is 6.49. The molecule has 0 aliphatic carbocycles. The van der Waals surface area contributed by atoms with Crippen LogP contribution >= 0.6 is 0 Å². The van der Waals surface area contributed by atoms with Crippen LogP contribution in [0.15, 0.2) is 53.4 Å². The predicted octanol–water partition coefficient (Wildman–Crippen LogP) is 3.95. The molecule has 0 fully saturated rings. The zero-order chi connectivity index (χ0) is 17.1. The molecular formula is C15H14F3NO3S. The quantitative estimate of drug-likeness (QED) is 0.893. The molecule has 0 aliphatic heterocycles. The first-order valence-corrected chi connectivity index (χ1v) is 8.16. The minimum atomic E-state index is -4.98. The van der Waals surface area contributed by atoms with Crippen LogP contribution in [0.3, 0.4) is 0 Å². The van der Waals surface area contributed by atoms with E-state index in [-0.39, 0.29) is 5.69 Å². The van der Waals surface area contributed by atoms with E-state index in [0.29, 0.717) is 6.42 Å². The summed E-state index contributed by atoms with van der Waals surface area (Å²) in [5.41, 5.74) is 1.16. The number of hydrogen-bond donors (Lipinski definition) is 1. The molecule has 0 unspecified atom stereocenters. The molecule has 0 heterocycles. The number of para-hydroxylation sites is 1. The zero-order valence-electron chi connectivity index (χ0n) is 12.1. The Labute approximate surface area is 132 Å². The Kier molecular flexibility index (Phi) is 4.84. The number of aryl methyl sites for hydroxylation is 1. The van der Waals surface area contributed by atoms with Crippen LogP contribution in [0.1, 0.15) is 12.5 Å². The molecule has 2 rings (SSSR count). The summed E-state index contributed by atoms with van der Waals surface area (Å²) in [6, 6.07) is 11.2. The van der Waals surface area contributed by atoms with Gasteiger partial charge in [0.15, 0.2) is 0 Å². The van der Waals surface area contributed by atoms with E-state index in [1.54, 1.807) is 12.1 Å². The highest BCUT2D eigenvalue weighted by Crippen LogP contribution is 2.30. The van der Waals surface area contributed by atoms with Gasteiger partial charge in [0, 0.05) is 5.69 Å². The lowest BCUT2D eigenvalue weighted by molar-refractivity contribution is -0.275. The van der Waals surface area contributed by atoms with E-state index < -0.39 is 27.0 Å². The van der Waals surface area contributed by atoms with Crippen molar-refractivity contribution < 1.29 is 26.3 Å². The summed E-state index contributed by atoms with van der Waals surface area (Å²) in [5, 5.41) is 0. The molecule has 0 saturated carbocycles. The van der Waals surface area contributed by atoms with Gasteiger partial charge in [0.05, 0.1) is 0 Å². The fourth-order valence-corrected chi connectivity index (χ4v) is 3.13. The first-order chi connectivity index (χ1) is 10.7. The van der Waals surface area contributed by atoms with Crippen molar-refractivity contribution in [1.29, 1.82) is 0 Å². The van der Waals surface area contributed by atoms with Crippen molar-refractivity contribution in [3.8, 4) is 5.75 Å². The largest absolute Gasteiger partial charge is 0.573 e. The molecule has 0 amide bonds. The molecule has 2 aromatic carbocycles. The molecule has 2 aromatic rings. The second-order valence-electron chi connectivity index (χ2n) is 4.65. The molecule has 23 heavy (non-hydrogen) atoms. The van der Waals surface area contributed by atoms with Gasteiger partial charge in [-0.2, -0.15) is 0 Å². The van der Waals surface area contributed by atoms with E-state index in [2.05, 4.69) is 9.46 Å². The summed E-state index contributed by atoms with van der Waals surface area (Å²) < 4.78 is 67.9. The Balaban J connectivity index is 2.36. The highest BCUT2D eigenvalue weighted by atomic mass is 32.2. The fourth-order valence-electron chi connectivity index (χ4n) is 1.95. The number of sulfonamides is 1. The maximum atomic E-state index is 12.4. The smallest absolute Gasteiger partial charge is 0.404 e. The number of nitrogens with one attached hydrogen (secondary N) is 1. The van der Waals surface area contributed by atoms with Crippen LogP contribution in [0.5, 0.6) is 5.75 Å². The summed E-state index contributed by atoms with van der Waals surface area (Å²) in [7, 11) is -4.22. The highest BCUT2D eigenvalue weighted by molar-refractivity contribution is 7.92. The molecule has 124 valence electrons. The minimum Gasteiger partial charge on any atom is -0.404 e. The van der Waals surface area contributed by atoms with Crippen LogP contribution in [-0.2, 0) is 16.4 Å². The predicted molar refractivity (Wildman–Crippen MR) is 79.8 cm³/mol. The summed E-state index contributed by atoms with van der Waals surface area (Å²) in [6.45, 7) is 1.90. The van der Waals surface area contributed by atoms with Gasteiger partial charge in [0.1, 0.15) is 10.6 Å². The van der Waals surface area contributed by atoms with E-state index >= 15 is 0 Å². The fraction of sp³-hybridized carbons (Fsp3) is 0.200. The Morgan fingerprint density at radius 1 is 1.09 bits per heavy atom. The van der Waals surface area contributed by atoms with Gasteiger partial charge < -0.3 is 4.74 Å². The third-order valence-electron chi connectivity index (χ3n) is 2.95. The molecule has 0 aromatic heterocycles. The standard InChI is InChI=1S/C15H14F3NO3S/c1-2-11-6-5-7-12(10-11)19-23(20,21)14-9-4-3-8-13(14)22-15(16,17)18/h3-10,19H,2H2,1H3. The normalized spacial score (nSPS) is 12.0. The van der Waals surface area contributed by atoms with Gasteiger partial charge in [-0.15, -0.1) is 13.2 Å². The molecule has 0 spiro atoms. The Morgan fingerprint density at radius 3 is 2.43 bits per heavy atom. The van der Waals surface area contributed by atoms with Gasteiger partial charge in [0.25, 0.3) is 10.0 Å². The van der Waals surface area contributed by atoms with Crippen molar-refractivity contribution >= 4 is 15.7 Å². The molecule has 0 atom stereocenters. The van der Waals surface area contributed by atoms with Crippen molar-refractivity contribution in [3.05, 3.63) is 54.1 Å². The molecule has 8 heteroatoms. The van der Waals surface area contributed by atoms with Crippen LogP contribution in [0.4, 0.5) is 18.9 Å². The molecule has 4 nitrogen and oxygen atoms in total. The van der Waals surface area contributed by atoms with Crippen LogP contribution in [-0.4, -0.2) is 14.8 Å². The summed E-state index contributed by atoms with van der Waals surface area (Å²) in [4.78, 5) is -0.584. The molecular weight excluding hydrogens is 331 g/mol. The Morgan fingerprint density at radius 2 is 1.78 bits per heavy atom. The molecule has 0 bridgehead atoms. The number of halogens is 3. The monoisotopic (exact) mass is 345 g/mol. The van der Waals surface area contributed by atoms with Crippen molar-refractivity contribution in [2.24, 2.45) is 0 Å². The van der Waals surface area contributed by atoms with Gasteiger partial charge in [-0.25, -0.2) is 8.42 Å². The van der Waals surface area contributed by atoms with Crippen LogP contribution < -0.4 is 9.46 Å². The molecule has 0 radical (unpaired) electrons. The average molecular weight is 345 g/mol. The second-order valence-corrected chi connectivity index (χ2v) is 6.30. The first kappa shape index (κ1) is 17.1. The third-order valence-corrected chi connectivity index (χ3v) is 4.37. The van der Waals surface area contributed by atoms with E-state index in [9.17, 15) is 21.6 Å². The van der Waals surface area contributed by atoms with Crippen molar-refractivity contribution in [2.45, 2.75) is 24.6 Å². The lowest BCUT2D eigenvalue weighted by Crippen LogP contribution is -2.20. The number of benzene rings is 2. The van der Waals surface area contributed by atoms with E-state index in [4.69, 9.17) is 0 Å². The third kappa shape index (κ3) is 4.62. The number of ether oxygens (including phenoxy) is 1. The van der Waals surface area contributed by atoms with E-state index in [1.807, 2.05) is 13.0 Å². The highest BCUT2D eigenvalue weighted by Gasteiger charge is 2.34. The summed E-state index contributed by atoms with van der Waals surface area (Å²) in [5.74, 6) is -0.779. The molecule has 0 saturated heterocycles. The van der Waals surface area contributed by atoms with Gasteiger partial charge in [0.2, 0.25) is 0 Å². The maximum absolute atomic E-state index is 12.4. The lowest BCUT2D eigenvalue weighted by Gasteiger charge is -2.14. The number of rotatable bonds is 5. The first-order valence-electron chi connectivity index (χ1n) is 6.68. The number of anilines is 1. The lowest BCUT2D eigenvalue weighted by atomic mass is 10.1. The van der Waals surface area contributed by atoms with Crippen molar-refractivity contribution in [3.63, 3.8) is 0 Å². The SMILES string of the molecule is CCc1cccc(NS(=O)(=O)c2ccccc2OC(F)(F)F)c1. The van der Waals surface area contributed by atoms with Crippen LogP contribution in [0, 0.1) is 0 Å². The average Bonchev–Trinajstić information content (AvgIpc) is 2.45. The Bertz CT molecular complexity index is 789. The Hall–Kier alpha value is -2.22. The summed E-state index contributed by atoms with van der Waals surface area (Å²) >= 11 is 0. The van der Waals surface area contributed by atoms with Crippen LogP contribution in [0.2, 0.25) is 0 Å². The zero-order valence-corrected chi connectivity index (χ0v) is 12.9. The van der Waals surface area contributed by atoms with Crippen molar-refractivity contribution in [1.82, 2.24) is 0 Å². The van der Waals surface area contributed by atoms with Gasteiger partial charge in [-0.3, -0.25) is 4.72 Å².